The molecule has 3 aromatic carbocycles. The molecule has 29 heavy (non-hydrogen) atoms. The second-order valence-corrected chi connectivity index (χ2v) is 7.46. The van der Waals surface area contributed by atoms with Gasteiger partial charge in [-0.1, -0.05) is 43.7 Å². The summed E-state index contributed by atoms with van der Waals surface area (Å²) in [5, 5.41) is 2.94. The molecule has 0 saturated heterocycles. The average molecular weight is 384 g/mol. The summed E-state index contributed by atoms with van der Waals surface area (Å²) >= 11 is 0. The summed E-state index contributed by atoms with van der Waals surface area (Å²) in [6.07, 6.45) is 1.08. The van der Waals surface area contributed by atoms with Crippen LogP contribution in [0.2, 0.25) is 0 Å². The number of hydrogen-bond acceptors (Lipinski definition) is 3. The average Bonchev–Trinajstić information content (AvgIpc) is 3.17. The van der Waals surface area contributed by atoms with Crippen molar-refractivity contribution in [2.24, 2.45) is 0 Å². The van der Waals surface area contributed by atoms with Gasteiger partial charge in [0, 0.05) is 16.8 Å². The highest BCUT2D eigenvalue weighted by molar-refractivity contribution is 6.04. The summed E-state index contributed by atoms with van der Waals surface area (Å²) in [5.41, 5.74) is 6.16. The third kappa shape index (κ3) is 4.06. The van der Waals surface area contributed by atoms with Crippen LogP contribution in [0, 0.1) is 6.92 Å². The number of hydrogen-bond donors (Lipinski definition) is 1. The van der Waals surface area contributed by atoms with E-state index in [1.165, 1.54) is 5.56 Å². The van der Waals surface area contributed by atoms with Crippen LogP contribution in [0.4, 0.5) is 5.69 Å². The molecule has 4 aromatic rings. The predicted octanol–water partition coefficient (Wildman–Crippen LogP) is 6.57. The third-order valence-corrected chi connectivity index (χ3v) is 5.27. The van der Waals surface area contributed by atoms with E-state index < -0.39 is 0 Å². The molecule has 1 atom stereocenters. The second kappa shape index (κ2) is 7.92. The monoisotopic (exact) mass is 384 g/mol. The van der Waals surface area contributed by atoms with Crippen LogP contribution < -0.4 is 5.32 Å². The molecule has 0 aliphatic carbocycles. The first kappa shape index (κ1) is 18.9. The lowest BCUT2D eigenvalue weighted by Crippen LogP contribution is -2.11. The number of amides is 1. The molecule has 0 radical (unpaired) electrons. The van der Waals surface area contributed by atoms with Crippen molar-refractivity contribution < 1.29 is 9.21 Å². The molecule has 0 aliphatic rings. The Morgan fingerprint density at radius 1 is 1.07 bits per heavy atom. The Hall–Kier alpha value is -3.40. The lowest BCUT2D eigenvalue weighted by molar-refractivity contribution is 0.102. The maximum atomic E-state index is 12.5. The van der Waals surface area contributed by atoms with E-state index >= 15 is 0 Å². The van der Waals surface area contributed by atoms with Crippen LogP contribution in [0.3, 0.4) is 0 Å². The molecule has 1 amide bonds. The van der Waals surface area contributed by atoms with Crippen LogP contribution >= 0.6 is 0 Å². The van der Waals surface area contributed by atoms with Gasteiger partial charge >= 0.3 is 0 Å². The highest BCUT2D eigenvalue weighted by atomic mass is 16.3. The Morgan fingerprint density at radius 2 is 1.86 bits per heavy atom. The highest BCUT2D eigenvalue weighted by Crippen LogP contribution is 2.29. The first-order chi connectivity index (χ1) is 14.0. The summed E-state index contributed by atoms with van der Waals surface area (Å²) in [6.45, 7) is 6.39. The number of fused-ring (bicyclic) bond motifs is 1. The van der Waals surface area contributed by atoms with Crippen molar-refractivity contribution in [2.45, 2.75) is 33.1 Å². The minimum atomic E-state index is -0.141. The standard InChI is InChI=1S/C25H24N2O2/c1-4-17(3)19-12-13-23-22(15-19)27-25(29-23)20-6-5-7-21(14-20)26-24(28)18-10-8-16(2)9-11-18/h5-15,17H,4H2,1-3H3,(H,26,28). The minimum Gasteiger partial charge on any atom is -0.436 e. The smallest absolute Gasteiger partial charge is 0.255 e. The maximum absolute atomic E-state index is 12.5. The maximum Gasteiger partial charge on any atom is 0.255 e. The van der Waals surface area contributed by atoms with Crippen molar-refractivity contribution in [2.75, 3.05) is 5.32 Å². The molecule has 1 unspecified atom stereocenters. The number of benzene rings is 3. The van der Waals surface area contributed by atoms with Gasteiger partial charge in [-0.05, 0) is 67.3 Å². The lowest BCUT2D eigenvalue weighted by atomic mass is 9.98. The van der Waals surface area contributed by atoms with Crippen LogP contribution in [-0.4, -0.2) is 10.9 Å². The van der Waals surface area contributed by atoms with Gasteiger partial charge in [0.25, 0.3) is 5.91 Å². The van der Waals surface area contributed by atoms with Gasteiger partial charge in [-0.3, -0.25) is 4.79 Å². The first-order valence-corrected chi connectivity index (χ1v) is 9.92. The topological polar surface area (TPSA) is 55.1 Å². The van der Waals surface area contributed by atoms with Gasteiger partial charge in [0.2, 0.25) is 5.89 Å². The number of aromatic nitrogens is 1. The molecular formula is C25H24N2O2. The van der Waals surface area contributed by atoms with E-state index in [9.17, 15) is 4.79 Å². The van der Waals surface area contributed by atoms with E-state index in [0.717, 1.165) is 28.6 Å². The fourth-order valence-corrected chi connectivity index (χ4v) is 3.25. The lowest BCUT2D eigenvalue weighted by Gasteiger charge is -2.07. The molecule has 1 N–H and O–H groups in total. The zero-order valence-corrected chi connectivity index (χ0v) is 16.9. The van der Waals surface area contributed by atoms with Gasteiger partial charge in [-0.2, -0.15) is 0 Å². The van der Waals surface area contributed by atoms with Gasteiger partial charge in [-0.15, -0.1) is 0 Å². The molecule has 0 aliphatic heterocycles. The minimum absolute atomic E-state index is 0.141. The van der Waals surface area contributed by atoms with E-state index in [-0.39, 0.29) is 5.91 Å². The van der Waals surface area contributed by atoms with Gasteiger partial charge in [0.1, 0.15) is 5.52 Å². The summed E-state index contributed by atoms with van der Waals surface area (Å²) in [5.74, 6) is 0.894. The molecular weight excluding hydrogens is 360 g/mol. The normalized spacial score (nSPS) is 12.1. The molecule has 1 aromatic heterocycles. The van der Waals surface area contributed by atoms with Crippen molar-refractivity contribution in [3.63, 3.8) is 0 Å². The first-order valence-electron chi connectivity index (χ1n) is 9.92. The van der Waals surface area contributed by atoms with Crippen molar-refractivity contribution >= 4 is 22.7 Å². The Morgan fingerprint density at radius 3 is 2.62 bits per heavy atom. The third-order valence-electron chi connectivity index (χ3n) is 5.27. The van der Waals surface area contributed by atoms with E-state index in [0.29, 0.717) is 23.1 Å². The Kier molecular flexibility index (Phi) is 5.17. The SMILES string of the molecule is CCC(C)c1ccc2oc(-c3cccc(NC(=O)c4ccc(C)cc4)c3)nc2c1. The van der Waals surface area contributed by atoms with Crippen LogP contribution in [-0.2, 0) is 0 Å². The van der Waals surface area contributed by atoms with Crippen molar-refractivity contribution in [3.05, 3.63) is 83.4 Å². The molecule has 0 spiro atoms. The van der Waals surface area contributed by atoms with Crippen LogP contribution in [0.15, 0.2) is 71.1 Å². The van der Waals surface area contributed by atoms with Crippen LogP contribution in [0.25, 0.3) is 22.6 Å². The fraction of sp³-hybridized carbons (Fsp3) is 0.200. The Balaban J connectivity index is 1.59. The van der Waals surface area contributed by atoms with Crippen molar-refractivity contribution in [1.82, 2.24) is 4.98 Å². The van der Waals surface area contributed by atoms with Crippen molar-refractivity contribution in [3.8, 4) is 11.5 Å². The number of nitrogens with zero attached hydrogens (tertiary/aromatic N) is 1. The summed E-state index contributed by atoms with van der Waals surface area (Å²) in [6, 6.07) is 21.2. The van der Waals surface area contributed by atoms with Crippen LogP contribution in [0.1, 0.15) is 47.7 Å². The Bertz CT molecular complexity index is 1160. The predicted molar refractivity (Wildman–Crippen MR) is 117 cm³/mol. The number of carbonyl (C=O) groups excluding carboxylic acids is 1. The number of anilines is 1. The van der Waals surface area contributed by atoms with E-state index in [1.807, 2.05) is 61.5 Å². The molecule has 0 fully saturated rings. The number of nitrogens with one attached hydrogen (secondary N) is 1. The molecule has 0 saturated carbocycles. The Labute approximate surface area is 170 Å². The fourth-order valence-electron chi connectivity index (χ4n) is 3.25. The molecule has 146 valence electrons. The molecule has 0 bridgehead atoms. The van der Waals surface area contributed by atoms with E-state index in [2.05, 4.69) is 36.3 Å². The molecule has 4 heteroatoms. The number of aryl methyl sites for hydroxylation is 1. The second-order valence-electron chi connectivity index (χ2n) is 7.46. The zero-order chi connectivity index (χ0) is 20.4. The summed E-state index contributed by atoms with van der Waals surface area (Å²) in [4.78, 5) is 17.2. The van der Waals surface area contributed by atoms with Gasteiger partial charge < -0.3 is 9.73 Å². The largest absolute Gasteiger partial charge is 0.436 e. The number of oxazole rings is 1. The van der Waals surface area contributed by atoms with Crippen molar-refractivity contribution in [1.29, 1.82) is 0 Å². The molecule has 4 nitrogen and oxygen atoms in total. The van der Waals surface area contributed by atoms with Crippen LogP contribution in [0.5, 0.6) is 0 Å². The number of rotatable bonds is 5. The summed E-state index contributed by atoms with van der Waals surface area (Å²) < 4.78 is 5.96. The van der Waals surface area contributed by atoms with E-state index in [1.54, 1.807) is 0 Å². The zero-order valence-electron chi connectivity index (χ0n) is 16.9. The quantitative estimate of drug-likeness (QED) is 0.423. The van der Waals surface area contributed by atoms with E-state index in [4.69, 9.17) is 4.42 Å². The van der Waals surface area contributed by atoms with Gasteiger partial charge in [0.05, 0.1) is 0 Å². The van der Waals surface area contributed by atoms with Gasteiger partial charge in [0.15, 0.2) is 5.58 Å². The molecule has 4 rings (SSSR count). The van der Waals surface area contributed by atoms with Gasteiger partial charge in [-0.25, -0.2) is 4.98 Å². The highest BCUT2D eigenvalue weighted by Gasteiger charge is 2.12. The molecule has 1 heterocycles. The number of carbonyl (C=O) groups is 1. The summed E-state index contributed by atoms with van der Waals surface area (Å²) in [7, 11) is 0.